The van der Waals surface area contributed by atoms with E-state index >= 15 is 0 Å². The summed E-state index contributed by atoms with van der Waals surface area (Å²) in [5.41, 5.74) is 0. The Morgan fingerprint density at radius 1 is 1.16 bits per heavy atom. The highest BCUT2D eigenvalue weighted by atomic mass is 79.9. The van der Waals surface area contributed by atoms with E-state index < -0.39 is 0 Å². The number of aromatic nitrogens is 2. The zero-order valence-corrected chi connectivity index (χ0v) is 13.7. The van der Waals surface area contributed by atoms with Crippen LogP contribution in [0.2, 0.25) is 5.02 Å². The molecule has 1 saturated carbocycles. The van der Waals surface area contributed by atoms with Crippen LogP contribution in [0.4, 0.5) is 0 Å². The molecule has 3 rings (SSSR count). The molecule has 98 valence electrons. The second kappa shape index (κ2) is 5.38. The van der Waals surface area contributed by atoms with Gasteiger partial charge in [-0.25, -0.2) is 4.98 Å². The van der Waals surface area contributed by atoms with Gasteiger partial charge in [0.2, 0.25) is 5.88 Å². The molecule has 6 heteroatoms. The van der Waals surface area contributed by atoms with Crippen molar-refractivity contribution in [1.29, 1.82) is 0 Å². The molecule has 1 aliphatic carbocycles. The van der Waals surface area contributed by atoms with Gasteiger partial charge >= 0.3 is 0 Å². The number of hydrogen-bond acceptors (Lipinski definition) is 3. The van der Waals surface area contributed by atoms with Gasteiger partial charge in [-0.2, -0.15) is 4.98 Å². The van der Waals surface area contributed by atoms with Crippen molar-refractivity contribution >= 4 is 43.5 Å². The van der Waals surface area contributed by atoms with Crippen LogP contribution in [0.1, 0.15) is 24.6 Å². The lowest BCUT2D eigenvalue weighted by molar-refractivity contribution is 0.458. The molecule has 0 N–H and O–H groups in total. The van der Waals surface area contributed by atoms with Crippen molar-refractivity contribution < 1.29 is 4.74 Å². The van der Waals surface area contributed by atoms with E-state index in [1.165, 1.54) is 0 Å². The molecule has 0 radical (unpaired) electrons. The molecule has 3 nitrogen and oxygen atoms in total. The Balaban J connectivity index is 1.89. The summed E-state index contributed by atoms with van der Waals surface area (Å²) in [6, 6.07) is 7.21. The lowest BCUT2D eigenvalue weighted by Gasteiger charge is -2.08. The first-order valence-electron chi connectivity index (χ1n) is 5.79. The Morgan fingerprint density at radius 3 is 2.63 bits per heavy atom. The zero-order valence-electron chi connectivity index (χ0n) is 9.74. The Morgan fingerprint density at radius 2 is 1.95 bits per heavy atom. The average Bonchev–Trinajstić information content (AvgIpc) is 3.16. The highest BCUT2D eigenvalue weighted by Crippen LogP contribution is 2.39. The molecule has 1 fully saturated rings. The van der Waals surface area contributed by atoms with Crippen molar-refractivity contribution in [2.24, 2.45) is 0 Å². The van der Waals surface area contributed by atoms with E-state index in [0.29, 0.717) is 22.6 Å². The van der Waals surface area contributed by atoms with Gasteiger partial charge in [0, 0.05) is 16.5 Å². The van der Waals surface area contributed by atoms with Crippen molar-refractivity contribution in [3.63, 3.8) is 0 Å². The molecule has 1 aromatic carbocycles. The van der Waals surface area contributed by atoms with Crippen molar-refractivity contribution in [1.82, 2.24) is 9.97 Å². The van der Waals surface area contributed by atoms with E-state index in [1.807, 2.05) is 6.07 Å². The fraction of sp³-hybridized carbons (Fsp3) is 0.231. The van der Waals surface area contributed by atoms with Gasteiger partial charge in [-0.1, -0.05) is 27.5 Å². The topological polar surface area (TPSA) is 35.0 Å². The first-order valence-corrected chi connectivity index (χ1v) is 7.75. The minimum atomic E-state index is 0.472. The minimum Gasteiger partial charge on any atom is -0.437 e. The third-order valence-corrected chi connectivity index (χ3v) is 3.93. The summed E-state index contributed by atoms with van der Waals surface area (Å²) in [7, 11) is 0. The monoisotopic (exact) mass is 402 g/mol. The second-order valence-electron chi connectivity index (χ2n) is 4.34. The third-order valence-electron chi connectivity index (χ3n) is 2.74. The van der Waals surface area contributed by atoms with Crippen LogP contribution in [-0.4, -0.2) is 9.97 Å². The molecular formula is C13H9Br2ClN2O. The highest BCUT2D eigenvalue weighted by molar-refractivity contribution is 9.10. The predicted molar refractivity (Wildman–Crippen MR) is 80.9 cm³/mol. The number of hydrogen-bond donors (Lipinski definition) is 0. The van der Waals surface area contributed by atoms with E-state index in [9.17, 15) is 0 Å². The molecule has 19 heavy (non-hydrogen) atoms. The first kappa shape index (κ1) is 13.3. The summed E-state index contributed by atoms with van der Waals surface area (Å²) in [4.78, 5) is 8.78. The molecule has 0 amide bonds. The summed E-state index contributed by atoms with van der Waals surface area (Å²) < 4.78 is 7.37. The van der Waals surface area contributed by atoms with Gasteiger partial charge in [0.05, 0.1) is 5.02 Å². The highest BCUT2D eigenvalue weighted by Gasteiger charge is 2.27. The molecule has 1 aromatic heterocycles. The smallest absolute Gasteiger partial charge is 0.223 e. The maximum absolute atomic E-state index is 6.12. The van der Waals surface area contributed by atoms with Crippen LogP contribution in [0.25, 0.3) is 0 Å². The molecule has 0 unspecified atom stereocenters. The number of nitrogens with zero attached hydrogens (tertiary/aromatic N) is 2. The fourth-order valence-corrected chi connectivity index (χ4v) is 2.75. The number of benzene rings is 1. The largest absolute Gasteiger partial charge is 0.437 e. The van der Waals surface area contributed by atoms with Gasteiger partial charge in [-0.15, -0.1) is 0 Å². The van der Waals surface area contributed by atoms with Crippen LogP contribution in [0.5, 0.6) is 11.6 Å². The summed E-state index contributed by atoms with van der Waals surface area (Å²) >= 11 is 12.9. The zero-order chi connectivity index (χ0) is 13.4. The number of halogens is 3. The summed E-state index contributed by atoms with van der Waals surface area (Å²) in [5, 5.41) is 0.539. The van der Waals surface area contributed by atoms with E-state index in [1.54, 1.807) is 18.2 Å². The van der Waals surface area contributed by atoms with Crippen LogP contribution in [0.15, 0.2) is 33.3 Å². The van der Waals surface area contributed by atoms with Crippen LogP contribution in [0.3, 0.4) is 0 Å². The van der Waals surface area contributed by atoms with Crippen LogP contribution in [0, 0.1) is 0 Å². The Kier molecular flexibility index (Phi) is 3.78. The third kappa shape index (κ3) is 3.27. The number of rotatable bonds is 3. The molecule has 0 saturated heterocycles. The normalized spacial score (nSPS) is 14.5. The minimum absolute atomic E-state index is 0.472. The van der Waals surface area contributed by atoms with Crippen molar-refractivity contribution in [3.05, 3.63) is 44.2 Å². The maximum Gasteiger partial charge on any atom is 0.223 e. The van der Waals surface area contributed by atoms with E-state index in [2.05, 4.69) is 41.8 Å². The van der Waals surface area contributed by atoms with Gasteiger partial charge in [0.1, 0.15) is 16.2 Å². The standard InChI is InChI=1S/C13H9Br2ClN2O/c14-8-3-4-10(9(16)5-8)19-12-6-11(15)17-13(18-12)7-1-2-7/h3-7H,1-2H2. The Hall–Kier alpha value is -0.650. The molecule has 2 aromatic rings. The summed E-state index contributed by atoms with van der Waals surface area (Å²) in [6.07, 6.45) is 2.30. The first-order chi connectivity index (χ1) is 9.11. The van der Waals surface area contributed by atoms with Gasteiger partial charge in [-0.05, 0) is 47.0 Å². The number of ether oxygens (including phenoxy) is 1. The van der Waals surface area contributed by atoms with Crippen LogP contribution < -0.4 is 4.74 Å². The predicted octanol–water partition coefficient (Wildman–Crippen LogP) is 5.32. The maximum atomic E-state index is 6.12. The molecule has 0 atom stereocenters. The molecule has 1 aliphatic rings. The molecular weight excluding hydrogens is 395 g/mol. The van der Waals surface area contributed by atoms with Crippen LogP contribution in [-0.2, 0) is 0 Å². The van der Waals surface area contributed by atoms with Crippen molar-refractivity contribution in [3.8, 4) is 11.6 Å². The van der Waals surface area contributed by atoms with Crippen LogP contribution >= 0.6 is 43.5 Å². The quantitative estimate of drug-likeness (QED) is 0.649. The van der Waals surface area contributed by atoms with E-state index in [4.69, 9.17) is 16.3 Å². The second-order valence-corrected chi connectivity index (χ2v) is 6.47. The van der Waals surface area contributed by atoms with Gasteiger partial charge < -0.3 is 4.74 Å². The lowest BCUT2D eigenvalue weighted by atomic mass is 10.3. The molecule has 0 aliphatic heterocycles. The van der Waals surface area contributed by atoms with Gasteiger partial charge in [0.15, 0.2) is 0 Å². The van der Waals surface area contributed by atoms with E-state index in [-0.39, 0.29) is 0 Å². The van der Waals surface area contributed by atoms with Gasteiger partial charge in [0.25, 0.3) is 0 Å². The Labute approximate surface area is 132 Å². The molecule has 1 heterocycles. The van der Waals surface area contributed by atoms with Crippen molar-refractivity contribution in [2.75, 3.05) is 0 Å². The average molecular weight is 404 g/mol. The summed E-state index contributed by atoms with van der Waals surface area (Å²) in [6.45, 7) is 0. The fourth-order valence-electron chi connectivity index (χ4n) is 1.66. The summed E-state index contributed by atoms with van der Waals surface area (Å²) in [5.74, 6) is 2.39. The Bertz CT molecular complexity index is 632. The van der Waals surface area contributed by atoms with Crippen molar-refractivity contribution in [2.45, 2.75) is 18.8 Å². The SMILES string of the molecule is Clc1cc(Br)ccc1Oc1cc(Br)nc(C2CC2)n1. The van der Waals surface area contributed by atoms with Gasteiger partial charge in [-0.3, -0.25) is 0 Å². The van der Waals surface area contributed by atoms with E-state index in [0.717, 1.165) is 27.7 Å². The lowest BCUT2D eigenvalue weighted by Crippen LogP contribution is -1.96. The molecule has 0 spiro atoms. The molecule has 0 bridgehead atoms.